The van der Waals surface area contributed by atoms with Crippen molar-refractivity contribution in [3.8, 4) is 0 Å². The van der Waals surface area contributed by atoms with E-state index in [-0.39, 0.29) is 10.6 Å². The first kappa shape index (κ1) is 14.2. The zero-order chi connectivity index (χ0) is 14.8. The van der Waals surface area contributed by atoms with Crippen molar-refractivity contribution in [2.24, 2.45) is 0 Å². The number of fused-ring (bicyclic) bond motifs is 1. The van der Waals surface area contributed by atoms with E-state index in [1.807, 2.05) is 0 Å². The molecule has 0 fully saturated rings. The number of halogens is 1. The Morgan fingerprint density at radius 1 is 1.29 bits per heavy atom. The second kappa shape index (κ2) is 5.95. The van der Waals surface area contributed by atoms with Gasteiger partial charge in [-0.3, -0.25) is 10.1 Å². The van der Waals surface area contributed by atoms with Gasteiger partial charge in [-0.05, 0) is 29.7 Å². The van der Waals surface area contributed by atoms with Crippen LogP contribution in [0.2, 0.25) is 0 Å². The molecular formula is C16H15BrN2O2. The summed E-state index contributed by atoms with van der Waals surface area (Å²) in [5.74, 6) is 0.521. The lowest BCUT2D eigenvalue weighted by molar-refractivity contribution is -0.385. The molecule has 0 amide bonds. The van der Waals surface area contributed by atoms with Gasteiger partial charge in [-0.2, -0.15) is 0 Å². The maximum Gasteiger partial charge on any atom is 0.273 e. The molecule has 0 spiro atoms. The molecule has 0 radical (unpaired) electrons. The van der Waals surface area contributed by atoms with Crippen LogP contribution in [0.4, 0.5) is 5.69 Å². The van der Waals surface area contributed by atoms with Gasteiger partial charge in [0.05, 0.1) is 4.92 Å². The minimum Gasteiger partial charge on any atom is -0.312 e. The van der Waals surface area contributed by atoms with E-state index in [1.54, 1.807) is 18.2 Å². The highest BCUT2D eigenvalue weighted by Gasteiger charge is 2.25. The Hall–Kier alpha value is -1.72. The Morgan fingerprint density at radius 3 is 2.86 bits per heavy atom. The third kappa shape index (κ3) is 2.99. The summed E-state index contributed by atoms with van der Waals surface area (Å²) in [6.45, 7) is 1.36. The molecule has 21 heavy (non-hydrogen) atoms. The number of nitro benzene ring substituents is 1. The molecule has 0 bridgehead atoms. The summed E-state index contributed by atoms with van der Waals surface area (Å²) in [5, 5.41) is 14.4. The maximum absolute atomic E-state index is 11.0. The van der Waals surface area contributed by atoms with Crippen LogP contribution in [0.1, 0.15) is 22.6 Å². The van der Waals surface area contributed by atoms with Crippen molar-refractivity contribution in [3.63, 3.8) is 0 Å². The Labute approximate surface area is 131 Å². The molecule has 5 heteroatoms. The predicted octanol–water partition coefficient (Wildman–Crippen LogP) is 3.79. The number of nitrogens with zero attached hydrogens (tertiary/aromatic N) is 1. The van der Waals surface area contributed by atoms with E-state index in [9.17, 15) is 10.1 Å². The highest BCUT2D eigenvalue weighted by Crippen LogP contribution is 2.34. The van der Waals surface area contributed by atoms with Crippen LogP contribution in [-0.2, 0) is 13.0 Å². The van der Waals surface area contributed by atoms with E-state index >= 15 is 0 Å². The lowest BCUT2D eigenvalue weighted by Gasteiger charge is -2.30. The second-order valence-corrected chi connectivity index (χ2v) is 6.18. The molecule has 1 aliphatic rings. The van der Waals surface area contributed by atoms with Gasteiger partial charge in [0.25, 0.3) is 5.69 Å². The first-order valence-electron chi connectivity index (χ1n) is 6.86. The van der Waals surface area contributed by atoms with Crippen molar-refractivity contribution in [2.45, 2.75) is 18.9 Å². The minimum atomic E-state index is -0.331. The third-order valence-electron chi connectivity index (χ3n) is 3.91. The number of hydrogen-bond donors (Lipinski definition) is 1. The average molecular weight is 347 g/mol. The Balaban J connectivity index is 1.62. The number of benzene rings is 2. The molecule has 3 rings (SSSR count). The quantitative estimate of drug-likeness (QED) is 0.661. The highest BCUT2D eigenvalue weighted by molar-refractivity contribution is 9.10. The standard InChI is InChI=1S/C16H15BrN2O2/c17-14-5-6-16(19(20)21)13(8-14)10-18-9-12-7-11-3-1-2-4-15(11)12/h1-6,8,12,18H,7,9-10H2. The van der Waals surface area contributed by atoms with E-state index in [2.05, 4.69) is 45.5 Å². The van der Waals surface area contributed by atoms with Gasteiger partial charge in [0, 0.05) is 35.1 Å². The molecule has 1 atom stereocenters. The molecule has 0 saturated carbocycles. The van der Waals surface area contributed by atoms with Gasteiger partial charge >= 0.3 is 0 Å². The second-order valence-electron chi connectivity index (χ2n) is 5.26. The van der Waals surface area contributed by atoms with Gasteiger partial charge in [-0.25, -0.2) is 0 Å². The van der Waals surface area contributed by atoms with E-state index < -0.39 is 0 Å². The highest BCUT2D eigenvalue weighted by atomic mass is 79.9. The molecular weight excluding hydrogens is 332 g/mol. The third-order valence-corrected chi connectivity index (χ3v) is 4.40. The van der Waals surface area contributed by atoms with Crippen molar-refractivity contribution >= 4 is 21.6 Å². The summed E-state index contributed by atoms with van der Waals surface area (Å²) in [6.07, 6.45) is 1.09. The van der Waals surface area contributed by atoms with Crippen LogP contribution in [0.3, 0.4) is 0 Å². The van der Waals surface area contributed by atoms with E-state index in [4.69, 9.17) is 0 Å². The van der Waals surface area contributed by atoms with Crippen LogP contribution >= 0.6 is 15.9 Å². The Bertz CT molecular complexity index is 688. The molecule has 0 aliphatic heterocycles. The van der Waals surface area contributed by atoms with Crippen LogP contribution < -0.4 is 5.32 Å². The van der Waals surface area contributed by atoms with E-state index in [1.165, 1.54) is 11.1 Å². The van der Waals surface area contributed by atoms with Gasteiger partial charge in [-0.1, -0.05) is 40.2 Å². The van der Waals surface area contributed by atoms with Gasteiger partial charge in [0.1, 0.15) is 0 Å². The van der Waals surface area contributed by atoms with Crippen molar-refractivity contribution in [2.75, 3.05) is 6.54 Å². The molecule has 0 aromatic heterocycles. The fraction of sp³-hybridized carbons (Fsp3) is 0.250. The molecule has 0 saturated heterocycles. The smallest absolute Gasteiger partial charge is 0.273 e. The summed E-state index contributed by atoms with van der Waals surface area (Å²) >= 11 is 3.36. The van der Waals surface area contributed by atoms with Crippen LogP contribution in [0.5, 0.6) is 0 Å². The molecule has 0 heterocycles. The number of rotatable bonds is 5. The van der Waals surface area contributed by atoms with Gasteiger partial charge in [0.2, 0.25) is 0 Å². The maximum atomic E-state index is 11.0. The summed E-state index contributed by atoms with van der Waals surface area (Å²) in [6, 6.07) is 13.5. The number of nitro groups is 1. The van der Waals surface area contributed by atoms with Crippen LogP contribution in [0.15, 0.2) is 46.9 Å². The largest absolute Gasteiger partial charge is 0.312 e. The van der Waals surface area contributed by atoms with Gasteiger partial charge in [0.15, 0.2) is 0 Å². The minimum absolute atomic E-state index is 0.166. The van der Waals surface area contributed by atoms with Crippen molar-refractivity contribution < 1.29 is 4.92 Å². The molecule has 2 aromatic carbocycles. The lowest BCUT2D eigenvalue weighted by Crippen LogP contribution is -2.29. The van der Waals surface area contributed by atoms with Crippen LogP contribution in [-0.4, -0.2) is 11.5 Å². The monoisotopic (exact) mass is 346 g/mol. The Kier molecular flexibility index (Phi) is 4.03. The SMILES string of the molecule is O=[N+]([O-])c1ccc(Br)cc1CNCC1Cc2ccccc21. The van der Waals surface area contributed by atoms with Crippen molar-refractivity contribution in [3.05, 3.63) is 73.7 Å². The van der Waals surface area contributed by atoms with Crippen LogP contribution in [0.25, 0.3) is 0 Å². The van der Waals surface area contributed by atoms with Gasteiger partial charge in [-0.15, -0.1) is 0 Å². The van der Waals surface area contributed by atoms with Crippen molar-refractivity contribution in [1.82, 2.24) is 5.32 Å². The normalized spacial score (nSPS) is 16.1. The molecule has 1 N–H and O–H groups in total. The molecule has 1 aliphatic carbocycles. The number of nitrogens with one attached hydrogen (secondary N) is 1. The fourth-order valence-corrected chi connectivity index (χ4v) is 3.21. The lowest BCUT2D eigenvalue weighted by atomic mass is 9.77. The summed E-state index contributed by atoms with van der Waals surface area (Å²) in [4.78, 5) is 10.7. The molecule has 4 nitrogen and oxygen atoms in total. The average Bonchev–Trinajstić information content (AvgIpc) is 2.43. The first-order valence-corrected chi connectivity index (χ1v) is 7.66. The molecule has 108 valence electrons. The fourth-order valence-electron chi connectivity index (χ4n) is 2.80. The van der Waals surface area contributed by atoms with E-state index in [0.29, 0.717) is 18.0 Å². The summed E-state index contributed by atoms with van der Waals surface area (Å²) in [5.41, 5.74) is 3.69. The topological polar surface area (TPSA) is 55.2 Å². The predicted molar refractivity (Wildman–Crippen MR) is 85.4 cm³/mol. The number of hydrogen-bond acceptors (Lipinski definition) is 3. The first-order chi connectivity index (χ1) is 10.1. The zero-order valence-electron chi connectivity index (χ0n) is 11.4. The van der Waals surface area contributed by atoms with Crippen molar-refractivity contribution in [1.29, 1.82) is 0 Å². The summed E-state index contributed by atoms with van der Waals surface area (Å²) in [7, 11) is 0. The Morgan fingerprint density at radius 2 is 2.10 bits per heavy atom. The zero-order valence-corrected chi connectivity index (χ0v) is 13.0. The summed E-state index contributed by atoms with van der Waals surface area (Å²) < 4.78 is 0.860. The molecule has 1 unspecified atom stereocenters. The molecule has 2 aromatic rings. The van der Waals surface area contributed by atoms with Gasteiger partial charge < -0.3 is 5.32 Å². The van der Waals surface area contributed by atoms with Crippen LogP contribution in [0, 0.1) is 10.1 Å². The van der Waals surface area contributed by atoms with E-state index in [0.717, 1.165) is 17.4 Å².